The molecule has 0 saturated heterocycles. The zero-order chi connectivity index (χ0) is 13.4. The number of fused-ring (bicyclic) bond motifs is 1. The number of hydrogen-bond acceptors (Lipinski definition) is 4. The molecule has 6 heteroatoms. The summed E-state index contributed by atoms with van der Waals surface area (Å²) in [5, 5.41) is 14.0. The van der Waals surface area contributed by atoms with Crippen LogP contribution in [0.5, 0.6) is 0 Å². The Bertz CT molecular complexity index is 631. The molecule has 0 radical (unpaired) electrons. The van der Waals surface area contributed by atoms with Gasteiger partial charge in [-0.2, -0.15) is 9.78 Å². The lowest BCUT2D eigenvalue weighted by atomic mass is 10.1. The third-order valence-electron chi connectivity index (χ3n) is 2.89. The van der Waals surface area contributed by atoms with E-state index in [9.17, 15) is 0 Å². The molecule has 0 bridgehead atoms. The first-order valence-electron chi connectivity index (χ1n) is 6.07. The summed E-state index contributed by atoms with van der Waals surface area (Å²) in [5.74, 6) is 2.06. The summed E-state index contributed by atoms with van der Waals surface area (Å²) in [7, 11) is 0. The highest BCUT2D eigenvalue weighted by molar-refractivity contribution is 9.10. The minimum absolute atomic E-state index is 0.315. The molecule has 1 aliphatic heterocycles. The Morgan fingerprint density at radius 3 is 2.63 bits per heavy atom. The minimum atomic E-state index is 0.315. The number of benzene rings is 1. The van der Waals surface area contributed by atoms with Crippen LogP contribution in [-0.2, 0) is 0 Å². The molecule has 3 rings (SSSR count). The fourth-order valence-corrected chi connectivity index (χ4v) is 3.00. The molecule has 4 nitrogen and oxygen atoms in total. The van der Waals surface area contributed by atoms with Crippen molar-refractivity contribution in [3.05, 3.63) is 40.1 Å². The van der Waals surface area contributed by atoms with Crippen molar-refractivity contribution >= 4 is 33.4 Å². The van der Waals surface area contributed by atoms with Crippen LogP contribution in [0.25, 0.3) is 0 Å². The number of halogens is 1. The third-order valence-corrected chi connectivity index (χ3v) is 4.35. The molecular formula is C13H13BrN4S. The summed E-state index contributed by atoms with van der Waals surface area (Å²) >= 11 is 5.13. The van der Waals surface area contributed by atoms with Crippen LogP contribution in [0.15, 0.2) is 39.0 Å². The zero-order valence-corrected chi connectivity index (χ0v) is 13.1. The van der Waals surface area contributed by atoms with Crippen molar-refractivity contribution in [3.8, 4) is 0 Å². The Morgan fingerprint density at radius 1 is 1.21 bits per heavy atom. The second-order valence-corrected chi connectivity index (χ2v) is 6.51. The summed E-state index contributed by atoms with van der Waals surface area (Å²) in [6, 6.07) is 8.23. The first-order chi connectivity index (χ1) is 9.15. The molecule has 2 aromatic rings. The third kappa shape index (κ3) is 2.47. The summed E-state index contributed by atoms with van der Waals surface area (Å²) in [6.45, 7) is 4.21. The predicted molar refractivity (Wildman–Crippen MR) is 80.9 cm³/mol. The summed E-state index contributed by atoms with van der Waals surface area (Å²) in [4.78, 5) is 0. The van der Waals surface area contributed by atoms with Crippen molar-refractivity contribution in [1.82, 2.24) is 14.9 Å². The van der Waals surface area contributed by atoms with Gasteiger partial charge in [0, 0.05) is 16.1 Å². The lowest BCUT2D eigenvalue weighted by Gasteiger charge is -2.14. The lowest BCUT2D eigenvalue weighted by Crippen LogP contribution is -2.15. The van der Waals surface area contributed by atoms with Crippen molar-refractivity contribution in [2.75, 3.05) is 5.75 Å². The molecule has 0 fully saturated rings. The van der Waals surface area contributed by atoms with E-state index in [0.29, 0.717) is 5.92 Å². The van der Waals surface area contributed by atoms with E-state index in [1.54, 1.807) is 11.8 Å². The zero-order valence-electron chi connectivity index (χ0n) is 10.7. The number of nitrogens with zero attached hydrogens (tertiary/aromatic N) is 4. The van der Waals surface area contributed by atoms with E-state index in [-0.39, 0.29) is 0 Å². The van der Waals surface area contributed by atoms with Gasteiger partial charge in [0.1, 0.15) is 0 Å². The first kappa shape index (κ1) is 12.9. The van der Waals surface area contributed by atoms with Gasteiger partial charge in [-0.3, -0.25) is 0 Å². The Balaban J connectivity index is 2.03. The summed E-state index contributed by atoms with van der Waals surface area (Å²) in [5.41, 5.74) is 2.21. The van der Waals surface area contributed by atoms with Crippen LogP contribution in [0, 0.1) is 0 Å². The second-order valence-electron chi connectivity index (χ2n) is 4.65. The maximum atomic E-state index is 4.70. The number of aromatic nitrogens is 3. The highest BCUT2D eigenvalue weighted by Gasteiger charge is 2.20. The van der Waals surface area contributed by atoms with Crippen molar-refractivity contribution < 1.29 is 0 Å². The lowest BCUT2D eigenvalue weighted by molar-refractivity contribution is 0.662. The molecule has 1 aromatic heterocycles. The topological polar surface area (TPSA) is 43.1 Å². The SMILES string of the molecule is CC(C)c1nnc2n1N=C(c1ccc(Br)cc1)CS2. The van der Waals surface area contributed by atoms with Crippen molar-refractivity contribution in [1.29, 1.82) is 0 Å². The molecule has 0 unspecified atom stereocenters. The summed E-state index contributed by atoms with van der Waals surface area (Å²) < 4.78 is 2.95. The fourth-order valence-electron chi connectivity index (χ4n) is 1.89. The predicted octanol–water partition coefficient (Wildman–Crippen LogP) is 3.52. The van der Waals surface area contributed by atoms with Gasteiger partial charge in [0.05, 0.1) is 5.71 Å². The Morgan fingerprint density at radius 2 is 1.95 bits per heavy atom. The molecule has 0 amide bonds. The van der Waals surface area contributed by atoms with Crippen LogP contribution in [0.2, 0.25) is 0 Å². The number of thioether (sulfide) groups is 1. The maximum absolute atomic E-state index is 4.70. The molecule has 0 spiro atoms. The molecule has 19 heavy (non-hydrogen) atoms. The molecule has 1 aliphatic rings. The average molecular weight is 337 g/mol. The van der Waals surface area contributed by atoms with E-state index in [1.807, 2.05) is 16.8 Å². The number of hydrogen-bond donors (Lipinski definition) is 0. The van der Waals surface area contributed by atoms with Crippen molar-refractivity contribution in [2.45, 2.75) is 24.9 Å². The van der Waals surface area contributed by atoms with Gasteiger partial charge in [-0.05, 0) is 17.7 Å². The molecule has 1 aromatic carbocycles. The smallest absolute Gasteiger partial charge is 0.191 e. The highest BCUT2D eigenvalue weighted by Crippen LogP contribution is 2.26. The summed E-state index contributed by atoms with van der Waals surface area (Å²) in [6.07, 6.45) is 0. The molecule has 2 heterocycles. The van der Waals surface area contributed by atoms with Crippen LogP contribution >= 0.6 is 27.7 Å². The van der Waals surface area contributed by atoms with Crippen LogP contribution in [-0.4, -0.2) is 26.3 Å². The molecule has 0 N–H and O–H groups in total. The van der Waals surface area contributed by atoms with Crippen molar-refractivity contribution in [2.24, 2.45) is 5.10 Å². The maximum Gasteiger partial charge on any atom is 0.212 e. The van der Waals surface area contributed by atoms with E-state index in [2.05, 4.69) is 52.1 Å². The van der Waals surface area contributed by atoms with E-state index < -0.39 is 0 Å². The van der Waals surface area contributed by atoms with Gasteiger partial charge in [0.2, 0.25) is 5.16 Å². The van der Waals surface area contributed by atoms with Crippen LogP contribution in [0.4, 0.5) is 0 Å². The van der Waals surface area contributed by atoms with Crippen LogP contribution in [0.1, 0.15) is 31.2 Å². The van der Waals surface area contributed by atoms with Gasteiger partial charge in [-0.15, -0.1) is 10.2 Å². The van der Waals surface area contributed by atoms with Gasteiger partial charge in [-0.25, -0.2) is 0 Å². The van der Waals surface area contributed by atoms with Gasteiger partial charge >= 0.3 is 0 Å². The Kier molecular flexibility index (Phi) is 3.45. The fraction of sp³-hybridized carbons (Fsp3) is 0.308. The van der Waals surface area contributed by atoms with E-state index in [1.165, 1.54) is 0 Å². The minimum Gasteiger partial charge on any atom is -0.191 e. The highest BCUT2D eigenvalue weighted by atomic mass is 79.9. The van der Waals surface area contributed by atoms with Crippen LogP contribution < -0.4 is 0 Å². The molecule has 0 atom stereocenters. The molecule has 0 saturated carbocycles. The monoisotopic (exact) mass is 336 g/mol. The standard InChI is InChI=1S/C13H13BrN4S/c1-8(2)12-15-16-13-18(12)17-11(7-19-13)9-3-5-10(14)6-4-9/h3-6,8H,7H2,1-2H3. The first-order valence-corrected chi connectivity index (χ1v) is 7.85. The average Bonchev–Trinajstić information content (AvgIpc) is 2.82. The van der Waals surface area contributed by atoms with Crippen molar-refractivity contribution in [3.63, 3.8) is 0 Å². The second kappa shape index (κ2) is 5.09. The largest absolute Gasteiger partial charge is 0.212 e. The molecule has 98 valence electrons. The van der Waals surface area contributed by atoms with Crippen LogP contribution in [0.3, 0.4) is 0 Å². The van der Waals surface area contributed by atoms with Gasteiger partial charge in [0.25, 0.3) is 0 Å². The van der Waals surface area contributed by atoms with Gasteiger partial charge in [-0.1, -0.05) is 53.7 Å². The van der Waals surface area contributed by atoms with E-state index >= 15 is 0 Å². The molecular weight excluding hydrogens is 324 g/mol. The Labute approximate surface area is 124 Å². The normalized spacial score (nSPS) is 14.4. The van der Waals surface area contributed by atoms with E-state index in [4.69, 9.17) is 5.10 Å². The number of rotatable bonds is 2. The molecule has 0 aliphatic carbocycles. The quantitative estimate of drug-likeness (QED) is 0.842. The van der Waals surface area contributed by atoms with Gasteiger partial charge in [0.15, 0.2) is 5.82 Å². The van der Waals surface area contributed by atoms with Gasteiger partial charge < -0.3 is 0 Å². The Hall–Kier alpha value is -1.14. The van der Waals surface area contributed by atoms with E-state index in [0.717, 1.165) is 32.5 Å².